The van der Waals surface area contributed by atoms with Crippen molar-refractivity contribution in [2.24, 2.45) is 28.9 Å². The minimum Gasteiger partial charge on any atom is -0.508 e. The normalized spacial score (nSPS) is 14.9. The van der Waals surface area contributed by atoms with Gasteiger partial charge in [-0.2, -0.15) is 0 Å². The highest BCUT2D eigenvalue weighted by molar-refractivity contribution is 7.46. The number of carboxylic acids is 4. The van der Waals surface area contributed by atoms with Crippen LogP contribution in [0.5, 0.6) is 17.2 Å². The molecular formula is C72H108N19O27P. The van der Waals surface area contributed by atoms with Crippen LogP contribution >= 0.6 is 7.82 Å². The molecule has 0 saturated carbocycles. The highest BCUT2D eigenvalue weighted by atomic mass is 31.2. The molecule has 0 saturated heterocycles. The SMILES string of the molecule is CCC(C)[C@H](NC(=O)[C@H](CC(=O)O)NC(=O)[C@H](CCCNC(=N)N)NC(=O)[C@@H](N)[C@@H](C)O)C(=O)N[C@@H](Cc1ccc(OP(=O)(O)O)cc1)C(=O)N[C@@H](CCC(=O)O)C(=O)N[C@H](C(=O)N[C@@H](CC(=O)O)C(=O)N[C@@H](Cc1ccc(O)cc1)C(=O)N[C@@H](Cc1ccc(O)cc1)C(=O)N[C@@H](CCCNC(=N)N)C(=O)N[C@@H](CCCCN)C(=O)O)[C@@H](C)O. The molecule has 0 aliphatic rings. The Kier molecular flexibility index (Phi) is 42.6. The van der Waals surface area contributed by atoms with Crippen molar-refractivity contribution in [2.75, 3.05) is 19.6 Å². The van der Waals surface area contributed by atoms with E-state index in [1.165, 1.54) is 62.4 Å². The number of phenols is 2. The Bertz CT molecular complexity index is 4050. The molecule has 0 radical (unpaired) electrons. The fraction of sp³-hybridized carbons (Fsp3) is 0.514. The smallest absolute Gasteiger partial charge is 0.508 e. The largest absolute Gasteiger partial charge is 0.524 e. The first-order valence-electron chi connectivity index (χ1n) is 37.4. The maximum absolute atomic E-state index is 14.9. The highest BCUT2D eigenvalue weighted by Gasteiger charge is 2.40. The van der Waals surface area contributed by atoms with Crippen molar-refractivity contribution in [3.05, 3.63) is 89.5 Å². The number of rotatable bonds is 54. The van der Waals surface area contributed by atoms with Gasteiger partial charge in [0.2, 0.25) is 65.0 Å². The number of aromatic hydroxyl groups is 2. The number of nitrogens with two attached hydrogens (primary N) is 4. The Morgan fingerprint density at radius 2 is 0.748 bits per heavy atom. The number of phenolic OH excluding ortho intramolecular Hbond substituents is 2. The van der Waals surface area contributed by atoms with Crippen molar-refractivity contribution in [1.29, 1.82) is 10.8 Å². The van der Waals surface area contributed by atoms with Crippen molar-refractivity contribution in [3.8, 4) is 17.2 Å². The van der Waals surface area contributed by atoms with Crippen LogP contribution in [0.3, 0.4) is 0 Å². The molecule has 658 valence electrons. The molecular weight excluding hydrogens is 1590 g/mol. The van der Waals surface area contributed by atoms with Crippen LogP contribution in [0.1, 0.15) is 121 Å². The number of phosphoric acid groups is 1. The zero-order valence-electron chi connectivity index (χ0n) is 65.5. The third kappa shape index (κ3) is 38.1. The number of phosphoric ester groups is 1. The van der Waals surface area contributed by atoms with Crippen LogP contribution in [0.2, 0.25) is 0 Å². The standard InChI is InChI=1S/C72H108N19O27P/c1-5-35(2)57(90-66(109)52(34-55(100)101)87-60(103)45(12-9-29-80-72(77)78)83-67(110)56(74)36(3)92)68(111)88-50(32-40-17-23-43(24-18-40)118-119(115,116)117)63(106)82-46(25-26-53(96)97)61(104)91-58(37(4)93)69(112)89-51(33-54(98)99)65(108)86-49(31-39-15-21-42(95)22-16-39)64(107)85-48(30-38-13-19-41(94)20-14-38)62(105)81-44(11-8-28-79-71(75)76)59(102)84-47(70(113)114)10-6-7-27-73/h13-24,35-37,44-52,56-58,92-95H,5-12,25-34,73-74H2,1-4H3,(H,81,105)(H,82,106)(H,83,110)(H,84,102)(H,85,107)(H,86,108)(H,87,103)(H,88,111)(H,89,112)(H,90,109)(H,91,104)(H,96,97)(H,98,99)(H,100,101)(H,113,114)(H4,75,76,79)(H4,77,78,80)(H2,115,116,117)/t35?,36-,37-,44+,45+,46+,47+,48+,49+,50+,51+,52+,56+,57+,58+/m1/s1. The molecule has 1 unspecified atom stereocenters. The molecule has 0 heterocycles. The maximum Gasteiger partial charge on any atom is 0.524 e. The fourth-order valence-corrected chi connectivity index (χ4v) is 11.7. The third-order valence-electron chi connectivity index (χ3n) is 18.0. The Hall–Kier alpha value is -12.4. The second kappa shape index (κ2) is 50.3. The quantitative estimate of drug-likeness (QED) is 0.0108. The molecule has 0 spiro atoms. The number of carbonyl (C=O) groups excluding carboxylic acids is 11. The van der Waals surface area contributed by atoms with E-state index < -0.39 is 250 Å². The van der Waals surface area contributed by atoms with E-state index >= 15 is 0 Å². The van der Waals surface area contributed by atoms with Gasteiger partial charge in [-0.3, -0.25) is 87.7 Å². The van der Waals surface area contributed by atoms with Gasteiger partial charge in [-0.25, -0.2) is 9.36 Å². The molecule has 47 heteroatoms. The molecule has 0 bridgehead atoms. The summed E-state index contributed by atoms with van der Waals surface area (Å²) in [6.45, 7) is 5.23. The minimum atomic E-state index is -5.16. The summed E-state index contributed by atoms with van der Waals surface area (Å²) in [5.74, 6) is -23.1. The lowest BCUT2D eigenvalue weighted by Crippen LogP contribution is -2.63. The van der Waals surface area contributed by atoms with Crippen molar-refractivity contribution in [3.63, 3.8) is 0 Å². The average Bonchev–Trinajstić information content (AvgIpc) is 0.836. The van der Waals surface area contributed by atoms with Crippen LogP contribution in [0.15, 0.2) is 72.8 Å². The van der Waals surface area contributed by atoms with Gasteiger partial charge >= 0.3 is 31.7 Å². The molecule has 0 aliphatic heterocycles. The summed E-state index contributed by atoms with van der Waals surface area (Å²) >= 11 is 0. The zero-order valence-corrected chi connectivity index (χ0v) is 66.4. The molecule has 46 nitrogen and oxygen atoms in total. The lowest BCUT2D eigenvalue weighted by atomic mass is 9.96. The number of guanidine groups is 2. The van der Waals surface area contributed by atoms with Gasteiger partial charge in [0.05, 0.1) is 25.0 Å². The molecule has 0 aromatic heterocycles. The summed E-state index contributed by atoms with van der Waals surface area (Å²) in [5, 5.41) is 127. The predicted octanol–water partition coefficient (Wildman–Crippen LogP) is -6.38. The number of hydrogen-bond acceptors (Lipinski definition) is 25. The number of benzene rings is 3. The Labute approximate surface area is 681 Å². The number of aliphatic hydroxyl groups is 2. The zero-order chi connectivity index (χ0) is 89.6. The Morgan fingerprint density at radius 1 is 0.420 bits per heavy atom. The Balaban J connectivity index is 2.12. The van der Waals surface area contributed by atoms with Gasteiger partial charge < -0.3 is 137 Å². The molecule has 0 aliphatic carbocycles. The van der Waals surface area contributed by atoms with Crippen LogP contribution in [-0.4, -0.2) is 256 Å². The van der Waals surface area contributed by atoms with Gasteiger partial charge in [0.15, 0.2) is 11.9 Å². The molecule has 11 amide bonds. The molecule has 119 heavy (non-hydrogen) atoms. The van der Waals surface area contributed by atoms with E-state index in [1.54, 1.807) is 6.92 Å². The number of amides is 11. The van der Waals surface area contributed by atoms with E-state index in [2.05, 4.69) is 73.6 Å². The number of nitrogens with one attached hydrogen (secondary N) is 15. The van der Waals surface area contributed by atoms with Crippen LogP contribution in [-0.2, 0) is 95.7 Å². The first-order chi connectivity index (χ1) is 55.8. The van der Waals surface area contributed by atoms with Gasteiger partial charge in [0, 0.05) is 38.8 Å². The molecule has 33 N–H and O–H groups in total. The highest BCUT2D eigenvalue weighted by Crippen LogP contribution is 2.37. The lowest BCUT2D eigenvalue weighted by molar-refractivity contribution is -0.143. The van der Waals surface area contributed by atoms with Crippen molar-refractivity contribution >= 4 is 109 Å². The fourth-order valence-electron chi connectivity index (χ4n) is 11.3. The number of carbonyl (C=O) groups is 15. The van der Waals surface area contributed by atoms with E-state index in [0.29, 0.717) is 6.42 Å². The van der Waals surface area contributed by atoms with Gasteiger partial charge in [-0.15, -0.1) is 0 Å². The third-order valence-corrected chi connectivity index (χ3v) is 18.5. The number of hydrogen-bond donors (Lipinski definition) is 29. The number of aliphatic carboxylic acids is 4. The molecule has 0 fully saturated rings. The number of carboxylic acid groups (broad SMARTS) is 4. The van der Waals surface area contributed by atoms with Gasteiger partial charge in [0.1, 0.15) is 89.8 Å². The summed E-state index contributed by atoms with van der Waals surface area (Å²) in [4.78, 5) is 226. The van der Waals surface area contributed by atoms with Crippen molar-refractivity contribution in [1.82, 2.24) is 69.1 Å². The molecule has 15 atom stereocenters. The van der Waals surface area contributed by atoms with E-state index in [1.807, 2.05) is 0 Å². The van der Waals surface area contributed by atoms with Crippen molar-refractivity contribution in [2.45, 2.75) is 209 Å². The number of unbranched alkanes of at least 4 members (excludes halogenated alkanes) is 1. The topological polar surface area (TPSA) is 793 Å². The van der Waals surface area contributed by atoms with E-state index in [0.717, 1.165) is 31.2 Å². The number of aliphatic hydroxyl groups excluding tert-OH is 2. The van der Waals surface area contributed by atoms with Gasteiger partial charge in [0.25, 0.3) is 0 Å². The summed E-state index contributed by atoms with van der Waals surface area (Å²) < 4.78 is 16.3. The van der Waals surface area contributed by atoms with Crippen LogP contribution in [0, 0.1) is 16.7 Å². The van der Waals surface area contributed by atoms with E-state index in [9.17, 15) is 127 Å². The van der Waals surface area contributed by atoms with Crippen LogP contribution in [0.25, 0.3) is 0 Å². The summed E-state index contributed by atoms with van der Waals surface area (Å²) in [5.41, 5.74) is 22.7. The van der Waals surface area contributed by atoms with Crippen LogP contribution in [0.4, 0.5) is 0 Å². The van der Waals surface area contributed by atoms with E-state index in [4.69, 9.17) is 33.8 Å². The first kappa shape index (κ1) is 101. The molecule has 3 aromatic rings. The molecule has 3 aromatic carbocycles. The summed E-state index contributed by atoms with van der Waals surface area (Å²) in [6.07, 6.45) is -9.18. The lowest BCUT2D eigenvalue weighted by Gasteiger charge is -2.30. The second-order valence-electron chi connectivity index (χ2n) is 27.8. The summed E-state index contributed by atoms with van der Waals surface area (Å²) in [6, 6.07) is -7.61. The predicted molar refractivity (Wildman–Crippen MR) is 419 cm³/mol. The first-order valence-corrected chi connectivity index (χ1v) is 38.9. The second-order valence-corrected chi connectivity index (χ2v) is 29.0. The maximum atomic E-state index is 14.9. The monoisotopic (exact) mass is 1700 g/mol. The minimum absolute atomic E-state index is 0.0119. The van der Waals surface area contributed by atoms with E-state index in [-0.39, 0.29) is 92.8 Å². The van der Waals surface area contributed by atoms with Crippen LogP contribution < -0.4 is 96.6 Å². The average molecular weight is 1700 g/mol. The van der Waals surface area contributed by atoms with Gasteiger partial charge in [-0.1, -0.05) is 56.7 Å². The summed E-state index contributed by atoms with van der Waals surface area (Å²) in [7, 11) is -5.16. The Morgan fingerprint density at radius 3 is 1.13 bits per heavy atom. The van der Waals surface area contributed by atoms with Gasteiger partial charge in [-0.05, 0) is 131 Å². The van der Waals surface area contributed by atoms with Crippen molar-refractivity contribution < 1.29 is 132 Å². The molecule has 3 rings (SSSR count).